The fraction of sp³-hybridized carbons (Fsp3) is 0.462. The Morgan fingerprint density at radius 3 is 2.48 bits per heavy atom. The Balaban J connectivity index is 2.69. The van der Waals surface area contributed by atoms with Crippen molar-refractivity contribution < 1.29 is 27.4 Å². The molecule has 1 rings (SSSR count). The second-order valence-electron chi connectivity index (χ2n) is 4.27. The first-order chi connectivity index (χ1) is 9.76. The third-order valence-corrected chi connectivity index (χ3v) is 2.64. The predicted molar refractivity (Wildman–Crippen MR) is 71.7 cm³/mol. The lowest BCUT2D eigenvalue weighted by Crippen LogP contribution is -2.42. The number of benzene rings is 1. The number of carbonyl (C=O) groups excluding carboxylic acids is 1. The van der Waals surface area contributed by atoms with Crippen molar-refractivity contribution in [1.29, 1.82) is 0 Å². The van der Waals surface area contributed by atoms with Gasteiger partial charge >= 0.3 is 6.18 Å². The summed E-state index contributed by atoms with van der Waals surface area (Å²) in [5.41, 5.74) is 0.480. The Morgan fingerprint density at radius 1 is 1.29 bits per heavy atom. The maximum Gasteiger partial charge on any atom is 0.405 e. The molecule has 0 spiro atoms. The van der Waals surface area contributed by atoms with Crippen LogP contribution in [0.2, 0.25) is 0 Å². The highest BCUT2D eigenvalue weighted by atomic mass is 19.4. The molecule has 1 aromatic carbocycles. The van der Waals surface area contributed by atoms with Crippen molar-refractivity contribution in [2.75, 3.05) is 26.1 Å². The van der Waals surface area contributed by atoms with Crippen molar-refractivity contribution in [3.8, 4) is 11.5 Å². The van der Waals surface area contributed by atoms with E-state index in [0.717, 1.165) is 0 Å². The zero-order valence-electron chi connectivity index (χ0n) is 11.9. The summed E-state index contributed by atoms with van der Waals surface area (Å²) in [6.45, 7) is 0.0903. The largest absolute Gasteiger partial charge is 0.497 e. The fourth-order valence-corrected chi connectivity index (χ4v) is 1.56. The first kappa shape index (κ1) is 16.9. The van der Waals surface area contributed by atoms with Gasteiger partial charge in [0.2, 0.25) is 5.91 Å². The molecule has 0 radical (unpaired) electrons. The third-order valence-electron chi connectivity index (χ3n) is 2.64. The summed E-state index contributed by atoms with van der Waals surface area (Å²) in [7, 11) is 2.93. The number of alkyl halides is 3. The quantitative estimate of drug-likeness (QED) is 0.846. The van der Waals surface area contributed by atoms with Gasteiger partial charge < -0.3 is 20.1 Å². The van der Waals surface area contributed by atoms with Gasteiger partial charge in [-0.2, -0.15) is 13.2 Å². The van der Waals surface area contributed by atoms with E-state index < -0.39 is 24.7 Å². The average molecular weight is 306 g/mol. The molecule has 0 aliphatic heterocycles. The van der Waals surface area contributed by atoms with Gasteiger partial charge in [-0.1, -0.05) is 0 Å². The van der Waals surface area contributed by atoms with Crippen molar-refractivity contribution >= 4 is 11.6 Å². The van der Waals surface area contributed by atoms with Crippen molar-refractivity contribution in [2.24, 2.45) is 0 Å². The monoisotopic (exact) mass is 306 g/mol. The maximum absolute atomic E-state index is 12.0. The standard InChI is InChI=1S/C13H17F3N2O3/c1-8(12(19)17-7-13(14,15)16)18-10-5-4-9(20-2)6-11(10)21-3/h4-6,8,18H,7H2,1-3H3,(H,17,19). The van der Waals surface area contributed by atoms with E-state index in [1.54, 1.807) is 18.2 Å². The summed E-state index contributed by atoms with van der Waals surface area (Å²) in [6, 6.07) is 4.01. The van der Waals surface area contributed by atoms with Gasteiger partial charge in [0.1, 0.15) is 24.1 Å². The minimum Gasteiger partial charge on any atom is -0.497 e. The molecule has 1 aromatic rings. The minimum atomic E-state index is -4.44. The Morgan fingerprint density at radius 2 is 1.95 bits per heavy atom. The predicted octanol–water partition coefficient (Wildman–Crippen LogP) is 2.18. The number of ether oxygens (including phenoxy) is 2. The highest BCUT2D eigenvalue weighted by Gasteiger charge is 2.28. The molecule has 0 heterocycles. The Kier molecular flexibility index (Phi) is 5.69. The maximum atomic E-state index is 12.0. The lowest BCUT2D eigenvalue weighted by atomic mass is 10.2. The molecule has 0 saturated heterocycles. The molecule has 118 valence electrons. The molecule has 0 saturated carbocycles. The van der Waals surface area contributed by atoms with Gasteiger partial charge in [0.05, 0.1) is 19.9 Å². The summed E-state index contributed by atoms with van der Waals surface area (Å²) in [6.07, 6.45) is -4.44. The Hall–Kier alpha value is -2.12. The summed E-state index contributed by atoms with van der Waals surface area (Å²) < 4.78 is 46.3. The van der Waals surface area contributed by atoms with Crippen LogP contribution in [0.1, 0.15) is 6.92 Å². The van der Waals surface area contributed by atoms with Gasteiger partial charge in [0.25, 0.3) is 0 Å². The van der Waals surface area contributed by atoms with E-state index in [-0.39, 0.29) is 0 Å². The van der Waals surface area contributed by atoms with Crippen molar-refractivity contribution in [3.05, 3.63) is 18.2 Å². The van der Waals surface area contributed by atoms with E-state index in [1.807, 2.05) is 5.32 Å². The van der Waals surface area contributed by atoms with Crippen LogP contribution < -0.4 is 20.1 Å². The van der Waals surface area contributed by atoms with Crippen molar-refractivity contribution in [2.45, 2.75) is 19.1 Å². The van der Waals surface area contributed by atoms with Crippen LogP contribution in [0.25, 0.3) is 0 Å². The summed E-state index contributed by atoms with van der Waals surface area (Å²) >= 11 is 0. The molecule has 0 aliphatic rings. The molecule has 0 bridgehead atoms. The number of carbonyl (C=O) groups is 1. The Labute approximate surface area is 120 Å². The van der Waals surface area contributed by atoms with Crippen LogP contribution >= 0.6 is 0 Å². The van der Waals surface area contributed by atoms with Gasteiger partial charge in [0, 0.05) is 6.07 Å². The zero-order chi connectivity index (χ0) is 16.0. The number of methoxy groups -OCH3 is 2. The molecule has 0 aliphatic carbocycles. The number of rotatable bonds is 6. The first-order valence-corrected chi connectivity index (χ1v) is 6.10. The number of hydrogen-bond donors (Lipinski definition) is 2. The van der Waals surface area contributed by atoms with Gasteiger partial charge in [-0.05, 0) is 19.1 Å². The molecule has 21 heavy (non-hydrogen) atoms. The normalized spacial score (nSPS) is 12.5. The van der Waals surface area contributed by atoms with E-state index in [4.69, 9.17) is 9.47 Å². The van der Waals surface area contributed by atoms with Crippen molar-refractivity contribution in [3.63, 3.8) is 0 Å². The molecular formula is C13H17F3N2O3. The number of nitrogens with one attached hydrogen (secondary N) is 2. The number of anilines is 1. The fourth-order valence-electron chi connectivity index (χ4n) is 1.56. The summed E-state index contributed by atoms with van der Waals surface area (Å²) in [4.78, 5) is 11.6. The van der Waals surface area contributed by atoms with Crippen molar-refractivity contribution in [1.82, 2.24) is 5.32 Å². The van der Waals surface area contributed by atoms with Gasteiger partial charge in [-0.25, -0.2) is 0 Å². The highest BCUT2D eigenvalue weighted by Crippen LogP contribution is 2.29. The third kappa shape index (κ3) is 5.41. The van der Waals surface area contributed by atoms with E-state index >= 15 is 0 Å². The highest BCUT2D eigenvalue weighted by molar-refractivity contribution is 5.84. The molecule has 1 amide bonds. The number of hydrogen-bond acceptors (Lipinski definition) is 4. The van der Waals surface area contributed by atoms with E-state index in [2.05, 4.69) is 5.32 Å². The second kappa shape index (κ2) is 7.05. The lowest BCUT2D eigenvalue weighted by molar-refractivity contribution is -0.138. The SMILES string of the molecule is COc1ccc(NC(C)C(=O)NCC(F)(F)F)c(OC)c1. The summed E-state index contributed by atoms with van der Waals surface area (Å²) in [5.74, 6) is 0.224. The number of amides is 1. The smallest absolute Gasteiger partial charge is 0.405 e. The minimum absolute atomic E-state index is 0.421. The number of halogens is 3. The molecular weight excluding hydrogens is 289 g/mol. The molecule has 8 heteroatoms. The van der Waals surface area contributed by atoms with Crippen LogP contribution in [0.4, 0.5) is 18.9 Å². The van der Waals surface area contributed by atoms with Crippen LogP contribution in [0.3, 0.4) is 0 Å². The Bertz CT molecular complexity index is 492. The molecule has 2 N–H and O–H groups in total. The van der Waals surface area contributed by atoms with Crippen LogP contribution in [-0.4, -0.2) is 38.9 Å². The van der Waals surface area contributed by atoms with Crippen LogP contribution in [0.5, 0.6) is 11.5 Å². The van der Waals surface area contributed by atoms with Gasteiger partial charge in [-0.15, -0.1) is 0 Å². The first-order valence-electron chi connectivity index (χ1n) is 6.10. The summed E-state index contributed by atoms with van der Waals surface area (Å²) in [5, 5.41) is 4.60. The van der Waals surface area contributed by atoms with Gasteiger partial charge in [0.15, 0.2) is 0 Å². The van der Waals surface area contributed by atoms with E-state index in [0.29, 0.717) is 17.2 Å². The lowest BCUT2D eigenvalue weighted by Gasteiger charge is -2.18. The second-order valence-corrected chi connectivity index (χ2v) is 4.27. The molecule has 0 fully saturated rings. The molecule has 1 atom stereocenters. The molecule has 5 nitrogen and oxygen atoms in total. The topological polar surface area (TPSA) is 59.6 Å². The molecule has 0 aromatic heterocycles. The van der Waals surface area contributed by atoms with E-state index in [1.165, 1.54) is 21.1 Å². The van der Waals surface area contributed by atoms with Crippen LogP contribution in [0, 0.1) is 0 Å². The molecule has 1 unspecified atom stereocenters. The zero-order valence-corrected chi connectivity index (χ0v) is 11.9. The average Bonchev–Trinajstić information content (AvgIpc) is 2.44. The van der Waals surface area contributed by atoms with E-state index in [9.17, 15) is 18.0 Å². The van der Waals surface area contributed by atoms with Crippen LogP contribution in [-0.2, 0) is 4.79 Å². The van der Waals surface area contributed by atoms with Crippen LogP contribution in [0.15, 0.2) is 18.2 Å². The van der Waals surface area contributed by atoms with Gasteiger partial charge in [-0.3, -0.25) is 4.79 Å².